The van der Waals surface area contributed by atoms with Crippen LogP contribution < -0.4 is 9.64 Å². The van der Waals surface area contributed by atoms with Gasteiger partial charge in [-0.1, -0.05) is 30.3 Å². The second kappa shape index (κ2) is 9.07. The van der Waals surface area contributed by atoms with Crippen molar-refractivity contribution in [2.75, 3.05) is 11.4 Å². The summed E-state index contributed by atoms with van der Waals surface area (Å²) < 4.78 is 69.5. The number of nitrogens with zero attached hydrogens (tertiary/aromatic N) is 1. The predicted molar refractivity (Wildman–Crippen MR) is 113 cm³/mol. The maximum Gasteiger partial charge on any atom is 0.416 e. The van der Waals surface area contributed by atoms with Crippen LogP contribution in [0, 0.1) is 0 Å². The monoisotopic (exact) mass is 469 g/mol. The van der Waals surface area contributed by atoms with Crippen molar-refractivity contribution in [3.63, 3.8) is 0 Å². The standard InChI is InChI=1S/C23H20F5NO2S/c24-22(25)31-15-5-1-4-14(12-15)18-10-9-16-17(20-8-3-11-32-20)6-2-7-19(16)29(18)13-21(30)23(26,27)28/h1-8,11-12,18,21-22,30H,9-10,13H2. The van der Waals surface area contributed by atoms with Gasteiger partial charge in [0.05, 0.1) is 12.6 Å². The molecule has 0 amide bonds. The van der Waals surface area contributed by atoms with Crippen LogP contribution in [0.5, 0.6) is 5.75 Å². The van der Waals surface area contributed by atoms with Gasteiger partial charge in [-0.3, -0.25) is 0 Å². The lowest BCUT2D eigenvalue weighted by atomic mass is 9.88. The Balaban J connectivity index is 1.76. The number of aliphatic hydroxyl groups is 1. The Morgan fingerprint density at radius 3 is 2.56 bits per heavy atom. The van der Waals surface area contributed by atoms with E-state index in [2.05, 4.69) is 4.74 Å². The van der Waals surface area contributed by atoms with E-state index in [4.69, 9.17) is 0 Å². The van der Waals surface area contributed by atoms with E-state index in [1.807, 2.05) is 23.6 Å². The van der Waals surface area contributed by atoms with Gasteiger partial charge in [-0.15, -0.1) is 11.3 Å². The summed E-state index contributed by atoms with van der Waals surface area (Å²) in [6.07, 6.45) is -6.29. The summed E-state index contributed by atoms with van der Waals surface area (Å²) in [5.41, 5.74) is 2.98. The minimum Gasteiger partial charge on any atom is -0.435 e. The zero-order valence-corrected chi connectivity index (χ0v) is 17.5. The van der Waals surface area contributed by atoms with Gasteiger partial charge in [-0.05, 0) is 59.2 Å². The number of alkyl halides is 5. The molecular formula is C23H20F5NO2S. The molecule has 3 aromatic rings. The highest BCUT2D eigenvalue weighted by molar-refractivity contribution is 7.13. The molecule has 0 bridgehead atoms. The minimum atomic E-state index is -4.78. The Kier molecular flexibility index (Phi) is 6.39. The van der Waals surface area contributed by atoms with Crippen LogP contribution >= 0.6 is 11.3 Å². The summed E-state index contributed by atoms with van der Waals surface area (Å²) in [6, 6.07) is 14.7. The molecule has 170 valence electrons. The molecule has 0 saturated heterocycles. The van der Waals surface area contributed by atoms with Crippen LogP contribution in [0.1, 0.15) is 23.6 Å². The number of aliphatic hydroxyl groups excluding tert-OH is 1. The molecule has 1 aliphatic heterocycles. The number of hydrogen-bond acceptors (Lipinski definition) is 4. The van der Waals surface area contributed by atoms with Gasteiger partial charge in [0, 0.05) is 10.6 Å². The number of benzene rings is 2. The van der Waals surface area contributed by atoms with Gasteiger partial charge in [0.2, 0.25) is 0 Å². The molecule has 1 aromatic heterocycles. The number of thiophene rings is 1. The molecule has 0 saturated carbocycles. The first-order valence-electron chi connectivity index (χ1n) is 9.96. The molecule has 0 spiro atoms. The fourth-order valence-electron chi connectivity index (χ4n) is 4.13. The number of halogens is 5. The Morgan fingerprint density at radius 1 is 1.09 bits per heavy atom. The van der Waals surface area contributed by atoms with Gasteiger partial charge in [-0.2, -0.15) is 22.0 Å². The SMILES string of the molecule is OC(CN1c2cccc(-c3cccs3)c2CCC1c1cccc(OC(F)F)c1)C(F)(F)F. The van der Waals surface area contributed by atoms with Crippen molar-refractivity contribution < 1.29 is 31.8 Å². The maximum absolute atomic E-state index is 13.2. The van der Waals surface area contributed by atoms with Crippen molar-refractivity contribution in [1.29, 1.82) is 0 Å². The largest absolute Gasteiger partial charge is 0.435 e. The summed E-state index contributed by atoms with van der Waals surface area (Å²) in [5, 5.41) is 11.8. The van der Waals surface area contributed by atoms with Crippen LogP contribution in [0.15, 0.2) is 60.0 Å². The highest BCUT2D eigenvalue weighted by atomic mass is 32.1. The Bertz CT molecular complexity index is 1050. The van der Waals surface area contributed by atoms with Crippen molar-refractivity contribution in [2.45, 2.75) is 37.8 Å². The molecule has 0 aliphatic carbocycles. The summed E-state index contributed by atoms with van der Waals surface area (Å²) in [5.74, 6) is -0.0630. The van der Waals surface area contributed by atoms with Crippen molar-refractivity contribution in [3.8, 4) is 16.2 Å². The number of rotatable bonds is 6. The second-order valence-electron chi connectivity index (χ2n) is 7.50. The Hall–Kier alpha value is -2.65. The van der Waals surface area contributed by atoms with Crippen molar-refractivity contribution >= 4 is 17.0 Å². The second-order valence-corrected chi connectivity index (χ2v) is 8.44. The summed E-state index contributed by atoms with van der Waals surface area (Å²) in [4.78, 5) is 2.53. The lowest BCUT2D eigenvalue weighted by Crippen LogP contribution is -2.44. The molecule has 9 heteroatoms. The lowest BCUT2D eigenvalue weighted by Gasteiger charge is -2.41. The first kappa shape index (κ1) is 22.5. The molecular weight excluding hydrogens is 449 g/mol. The van der Waals surface area contributed by atoms with Crippen LogP contribution in [0.3, 0.4) is 0 Å². The molecule has 0 fully saturated rings. The minimum absolute atomic E-state index is 0.0630. The third-order valence-corrected chi connectivity index (χ3v) is 6.41. The van der Waals surface area contributed by atoms with Crippen molar-refractivity contribution in [2.24, 2.45) is 0 Å². The Morgan fingerprint density at radius 2 is 1.88 bits per heavy atom. The van der Waals surface area contributed by atoms with E-state index in [-0.39, 0.29) is 5.75 Å². The summed E-state index contributed by atoms with van der Waals surface area (Å²) in [7, 11) is 0. The van der Waals surface area contributed by atoms with E-state index in [9.17, 15) is 27.1 Å². The highest BCUT2D eigenvalue weighted by Gasteiger charge is 2.41. The smallest absolute Gasteiger partial charge is 0.416 e. The maximum atomic E-state index is 13.2. The topological polar surface area (TPSA) is 32.7 Å². The molecule has 2 heterocycles. The summed E-state index contributed by atoms with van der Waals surface area (Å²) in [6.45, 7) is -3.68. The zero-order chi connectivity index (χ0) is 22.9. The van der Waals surface area contributed by atoms with E-state index in [0.29, 0.717) is 24.1 Å². The van der Waals surface area contributed by atoms with Crippen LogP contribution in [0.2, 0.25) is 0 Å². The quantitative estimate of drug-likeness (QED) is 0.422. The van der Waals surface area contributed by atoms with Gasteiger partial charge in [0.15, 0.2) is 6.10 Å². The highest BCUT2D eigenvalue weighted by Crippen LogP contribution is 2.44. The van der Waals surface area contributed by atoms with Crippen molar-refractivity contribution in [1.82, 2.24) is 0 Å². The molecule has 3 nitrogen and oxygen atoms in total. The average molecular weight is 469 g/mol. The molecule has 2 aromatic carbocycles. The molecule has 2 atom stereocenters. The molecule has 1 aliphatic rings. The average Bonchev–Trinajstić information content (AvgIpc) is 3.27. The third-order valence-electron chi connectivity index (χ3n) is 5.51. The first-order chi connectivity index (χ1) is 15.2. The van der Waals surface area contributed by atoms with E-state index in [0.717, 1.165) is 16.0 Å². The molecule has 0 radical (unpaired) electrons. The van der Waals surface area contributed by atoms with Gasteiger partial charge < -0.3 is 14.7 Å². The van der Waals surface area contributed by atoms with E-state index in [1.54, 1.807) is 18.2 Å². The number of ether oxygens (including phenoxy) is 1. The molecule has 1 N–H and O–H groups in total. The fraction of sp³-hybridized carbons (Fsp3) is 0.304. The van der Waals surface area contributed by atoms with Crippen molar-refractivity contribution in [3.05, 3.63) is 71.1 Å². The summed E-state index contributed by atoms with van der Waals surface area (Å²) >= 11 is 1.54. The van der Waals surface area contributed by atoms with Crippen LogP contribution in [0.25, 0.3) is 10.4 Å². The van der Waals surface area contributed by atoms with Gasteiger partial charge in [0.1, 0.15) is 5.75 Å². The molecule has 4 rings (SSSR count). The van der Waals surface area contributed by atoms with E-state index < -0.39 is 31.5 Å². The van der Waals surface area contributed by atoms with Crippen LogP contribution in [0.4, 0.5) is 27.6 Å². The van der Waals surface area contributed by atoms with Gasteiger partial charge >= 0.3 is 12.8 Å². The number of β-amino-alcohol motifs (C(OH)–C–C–N with tert-alkyl or cyclic N) is 1. The number of hydrogen-bond donors (Lipinski definition) is 1. The third kappa shape index (κ3) is 4.73. The number of anilines is 1. The normalized spacial score (nSPS) is 17.3. The number of fused-ring (bicyclic) bond motifs is 1. The molecule has 2 unspecified atom stereocenters. The Labute approximate surface area is 185 Å². The lowest BCUT2D eigenvalue weighted by molar-refractivity contribution is -0.200. The predicted octanol–water partition coefficient (Wildman–Crippen LogP) is 6.43. The van der Waals surface area contributed by atoms with Gasteiger partial charge in [0.25, 0.3) is 0 Å². The fourth-order valence-corrected chi connectivity index (χ4v) is 4.91. The van der Waals surface area contributed by atoms with E-state index >= 15 is 0 Å². The van der Waals surface area contributed by atoms with Crippen LogP contribution in [-0.2, 0) is 6.42 Å². The van der Waals surface area contributed by atoms with Crippen LogP contribution in [-0.4, -0.2) is 30.5 Å². The van der Waals surface area contributed by atoms with Gasteiger partial charge in [-0.25, -0.2) is 0 Å². The zero-order valence-electron chi connectivity index (χ0n) is 16.7. The van der Waals surface area contributed by atoms with E-state index in [1.165, 1.54) is 34.4 Å². The molecule has 32 heavy (non-hydrogen) atoms. The first-order valence-corrected chi connectivity index (χ1v) is 10.8.